The summed E-state index contributed by atoms with van der Waals surface area (Å²) >= 11 is 1.73. The summed E-state index contributed by atoms with van der Waals surface area (Å²) in [4.78, 5) is 24.2. The Hall–Kier alpha value is -1.40. The van der Waals surface area contributed by atoms with Gasteiger partial charge >= 0.3 is 0 Å². The summed E-state index contributed by atoms with van der Waals surface area (Å²) in [6.45, 7) is 2.32. The van der Waals surface area contributed by atoms with Gasteiger partial charge in [0.2, 0.25) is 0 Å². The van der Waals surface area contributed by atoms with Crippen LogP contribution in [-0.4, -0.2) is 47.2 Å². The number of rotatable bonds is 7. The largest absolute Gasteiger partial charge is 0.295 e. The zero-order valence-corrected chi connectivity index (χ0v) is 12.1. The van der Waals surface area contributed by atoms with Crippen LogP contribution in [-0.2, 0) is 0 Å². The van der Waals surface area contributed by atoms with E-state index in [9.17, 15) is 14.9 Å². The van der Waals surface area contributed by atoms with Crippen molar-refractivity contribution < 1.29 is 9.72 Å². The fraction of sp³-hybridized carbons (Fsp3) is 0.462. The van der Waals surface area contributed by atoms with Crippen molar-refractivity contribution in [2.24, 2.45) is 0 Å². The van der Waals surface area contributed by atoms with Crippen LogP contribution in [0.3, 0.4) is 0 Å². The molecule has 1 rings (SSSR count). The van der Waals surface area contributed by atoms with Crippen LogP contribution in [0.2, 0.25) is 0 Å². The monoisotopic (exact) mass is 282 g/mol. The minimum absolute atomic E-state index is 0.0503. The molecule has 0 aliphatic rings. The summed E-state index contributed by atoms with van der Waals surface area (Å²) in [5.74, 6) is 0.845. The van der Waals surface area contributed by atoms with Crippen molar-refractivity contribution in [3.8, 4) is 0 Å². The van der Waals surface area contributed by atoms with E-state index < -0.39 is 4.92 Å². The van der Waals surface area contributed by atoms with Gasteiger partial charge in [-0.05, 0) is 20.2 Å². The van der Waals surface area contributed by atoms with Crippen LogP contribution in [0.1, 0.15) is 17.3 Å². The molecular weight excluding hydrogens is 264 g/mol. The molecule has 0 bridgehead atoms. The molecule has 0 N–H and O–H groups in total. The molecule has 104 valence electrons. The predicted molar refractivity (Wildman–Crippen MR) is 77.9 cm³/mol. The lowest BCUT2D eigenvalue weighted by Crippen LogP contribution is -2.35. The Morgan fingerprint density at radius 1 is 1.53 bits per heavy atom. The van der Waals surface area contributed by atoms with E-state index >= 15 is 0 Å². The maximum Gasteiger partial charge on any atom is 0.270 e. The van der Waals surface area contributed by atoms with Crippen molar-refractivity contribution in [1.82, 2.24) is 4.90 Å². The average molecular weight is 282 g/mol. The van der Waals surface area contributed by atoms with Crippen molar-refractivity contribution in [2.45, 2.75) is 13.0 Å². The standard InChI is InChI=1S/C13H18N2O3S/c1-10(9-19-3)14(2)8-13(16)11-5-4-6-12(7-11)15(17)18/h4-7,10H,8-9H2,1-3H3. The normalized spacial score (nSPS) is 12.4. The van der Waals surface area contributed by atoms with Crippen LogP contribution >= 0.6 is 11.8 Å². The van der Waals surface area contributed by atoms with Crippen LogP contribution in [0.15, 0.2) is 24.3 Å². The van der Waals surface area contributed by atoms with Crippen molar-refractivity contribution in [1.29, 1.82) is 0 Å². The number of nitro groups is 1. The van der Waals surface area contributed by atoms with Crippen LogP contribution in [0.5, 0.6) is 0 Å². The number of nitrogens with zero attached hydrogens (tertiary/aromatic N) is 2. The van der Waals surface area contributed by atoms with Gasteiger partial charge in [-0.3, -0.25) is 19.8 Å². The molecule has 19 heavy (non-hydrogen) atoms. The third-order valence-electron chi connectivity index (χ3n) is 2.93. The topological polar surface area (TPSA) is 63.5 Å². The number of carbonyl (C=O) groups excluding carboxylic acids is 1. The van der Waals surface area contributed by atoms with E-state index in [1.165, 1.54) is 18.2 Å². The molecule has 0 saturated heterocycles. The van der Waals surface area contributed by atoms with E-state index in [2.05, 4.69) is 6.92 Å². The number of hydrogen-bond acceptors (Lipinski definition) is 5. The maximum atomic E-state index is 12.1. The molecule has 6 heteroatoms. The molecule has 1 aromatic rings. The molecule has 5 nitrogen and oxygen atoms in total. The molecule has 0 saturated carbocycles. The van der Waals surface area contributed by atoms with Gasteiger partial charge in [-0.2, -0.15) is 11.8 Å². The molecular formula is C13H18N2O3S. The van der Waals surface area contributed by atoms with Gasteiger partial charge in [0, 0.05) is 29.5 Å². The zero-order valence-electron chi connectivity index (χ0n) is 11.3. The second-order valence-electron chi connectivity index (χ2n) is 4.45. The number of benzene rings is 1. The molecule has 0 heterocycles. The fourth-order valence-corrected chi connectivity index (χ4v) is 2.37. The quantitative estimate of drug-likeness (QED) is 0.437. The van der Waals surface area contributed by atoms with Crippen molar-refractivity contribution in [3.63, 3.8) is 0 Å². The third-order valence-corrected chi connectivity index (χ3v) is 3.75. The Morgan fingerprint density at radius 2 is 2.21 bits per heavy atom. The molecule has 0 spiro atoms. The predicted octanol–water partition coefficient (Wildman–Crippen LogP) is 2.46. The highest BCUT2D eigenvalue weighted by Gasteiger charge is 2.16. The Morgan fingerprint density at radius 3 is 2.79 bits per heavy atom. The van der Waals surface area contributed by atoms with Gasteiger partial charge in [-0.15, -0.1) is 0 Å². The van der Waals surface area contributed by atoms with E-state index in [0.717, 1.165) is 5.75 Å². The Bertz CT molecular complexity index is 465. The first-order chi connectivity index (χ1) is 8.95. The lowest BCUT2D eigenvalue weighted by atomic mass is 10.1. The molecule has 1 aromatic carbocycles. The molecule has 0 fully saturated rings. The van der Waals surface area contributed by atoms with Gasteiger partial charge in [0.15, 0.2) is 5.78 Å². The van der Waals surface area contributed by atoms with Crippen molar-refractivity contribution in [2.75, 3.05) is 25.6 Å². The molecule has 0 aliphatic carbocycles. The van der Waals surface area contributed by atoms with E-state index in [1.807, 2.05) is 18.2 Å². The SMILES string of the molecule is CSCC(C)N(C)CC(=O)c1cccc([N+](=O)[O-])c1. The number of likely N-dealkylation sites (N-methyl/N-ethyl adjacent to an activating group) is 1. The number of nitro benzene ring substituents is 1. The number of hydrogen-bond donors (Lipinski definition) is 0. The summed E-state index contributed by atoms with van der Waals surface area (Å²) in [5, 5.41) is 10.7. The molecule has 0 aromatic heterocycles. The number of Topliss-reactive ketones (excluding diaryl/α,β-unsaturated/α-hetero) is 1. The smallest absolute Gasteiger partial charge is 0.270 e. The Balaban J connectivity index is 2.73. The van der Waals surface area contributed by atoms with Gasteiger partial charge < -0.3 is 0 Å². The summed E-state index contributed by atoms with van der Waals surface area (Å²) in [7, 11) is 1.89. The van der Waals surface area contributed by atoms with Crippen LogP contribution < -0.4 is 0 Å². The van der Waals surface area contributed by atoms with Gasteiger partial charge in [0.1, 0.15) is 0 Å². The highest BCUT2D eigenvalue weighted by Crippen LogP contribution is 2.14. The Labute approximate surface area is 117 Å². The van der Waals surface area contributed by atoms with Gasteiger partial charge in [-0.1, -0.05) is 12.1 Å². The van der Waals surface area contributed by atoms with E-state index in [4.69, 9.17) is 0 Å². The van der Waals surface area contributed by atoms with E-state index in [-0.39, 0.29) is 24.1 Å². The van der Waals surface area contributed by atoms with E-state index in [0.29, 0.717) is 5.56 Å². The zero-order chi connectivity index (χ0) is 14.4. The number of carbonyl (C=O) groups is 1. The van der Waals surface area contributed by atoms with Gasteiger partial charge in [0.05, 0.1) is 11.5 Å². The minimum Gasteiger partial charge on any atom is -0.295 e. The maximum absolute atomic E-state index is 12.1. The van der Waals surface area contributed by atoms with E-state index in [1.54, 1.807) is 17.8 Å². The van der Waals surface area contributed by atoms with Gasteiger partial charge in [-0.25, -0.2) is 0 Å². The first-order valence-electron chi connectivity index (χ1n) is 5.92. The second kappa shape index (κ2) is 7.25. The molecule has 0 radical (unpaired) electrons. The van der Waals surface area contributed by atoms with Crippen molar-refractivity contribution >= 4 is 23.2 Å². The second-order valence-corrected chi connectivity index (χ2v) is 5.36. The number of ketones is 1. The summed E-state index contributed by atoms with van der Waals surface area (Å²) in [5.41, 5.74) is 0.336. The summed E-state index contributed by atoms with van der Waals surface area (Å²) in [6, 6.07) is 6.16. The third kappa shape index (κ3) is 4.65. The molecule has 0 amide bonds. The highest BCUT2D eigenvalue weighted by molar-refractivity contribution is 7.98. The summed E-state index contributed by atoms with van der Waals surface area (Å²) in [6.07, 6.45) is 2.02. The van der Waals surface area contributed by atoms with Crippen LogP contribution in [0.4, 0.5) is 5.69 Å². The Kier molecular flexibility index (Phi) is 5.98. The van der Waals surface area contributed by atoms with Gasteiger partial charge in [0.25, 0.3) is 5.69 Å². The molecule has 1 atom stereocenters. The first-order valence-corrected chi connectivity index (χ1v) is 7.32. The first kappa shape index (κ1) is 15.7. The lowest BCUT2D eigenvalue weighted by Gasteiger charge is -2.23. The van der Waals surface area contributed by atoms with Crippen LogP contribution in [0.25, 0.3) is 0 Å². The molecule has 0 aliphatic heterocycles. The highest BCUT2D eigenvalue weighted by atomic mass is 32.2. The van der Waals surface area contributed by atoms with Crippen molar-refractivity contribution in [3.05, 3.63) is 39.9 Å². The minimum atomic E-state index is -0.489. The number of thioether (sulfide) groups is 1. The molecule has 1 unspecified atom stereocenters. The van der Waals surface area contributed by atoms with Crippen LogP contribution in [0, 0.1) is 10.1 Å². The number of non-ortho nitro benzene ring substituents is 1. The summed E-state index contributed by atoms with van der Waals surface area (Å²) < 4.78 is 0. The lowest BCUT2D eigenvalue weighted by molar-refractivity contribution is -0.384. The fourth-order valence-electron chi connectivity index (χ4n) is 1.64. The average Bonchev–Trinajstić information content (AvgIpc) is 2.39.